The van der Waals surface area contributed by atoms with Crippen molar-refractivity contribution in [3.63, 3.8) is 0 Å². The molecule has 3 aromatic rings. The van der Waals surface area contributed by atoms with E-state index in [2.05, 4.69) is 12.2 Å². The maximum atomic E-state index is 12.4. The molecule has 0 saturated heterocycles. The largest absolute Gasteiger partial charge is 0.454 e. The fourth-order valence-corrected chi connectivity index (χ4v) is 3.78. The quantitative estimate of drug-likeness (QED) is 0.407. The number of hydrogen-bond donors (Lipinski definition) is 2. The summed E-state index contributed by atoms with van der Waals surface area (Å²) in [5.41, 5.74) is 2.31. The smallest absolute Gasteiger partial charge is 0.241 e. The molecule has 3 N–H and O–H groups in total. The van der Waals surface area contributed by atoms with Crippen LogP contribution in [0.3, 0.4) is 0 Å². The van der Waals surface area contributed by atoms with Gasteiger partial charge >= 0.3 is 0 Å². The zero-order chi connectivity index (χ0) is 22.1. The second kappa shape index (κ2) is 10.9. The Morgan fingerprint density at radius 1 is 0.903 bits per heavy atom. The Hall–Kier alpha value is -2.87. The van der Waals surface area contributed by atoms with Crippen LogP contribution in [-0.4, -0.2) is 15.0 Å². The van der Waals surface area contributed by atoms with Crippen molar-refractivity contribution in [2.24, 2.45) is 5.14 Å². The van der Waals surface area contributed by atoms with E-state index in [0.717, 1.165) is 18.4 Å². The number of hydrogen-bond acceptors (Lipinski definition) is 5. The van der Waals surface area contributed by atoms with Crippen molar-refractivity contribution in [1.29, 1.82) is 0 Å². The van der Waals surface area contributed by atoms with Gasteiger partial charge in [0.15, 0.2) is 5.75 Å². The van der Waals surface area contributed by atoms with E-state index in [4.69, 9.17) is 14.6 Å². The molecule has 0 aliphatic rings. The number of benzene rings is 3. The molecule has 0 saturated carbocycles. The molecule has 3 aromatic carbocycles. The molecule has 0 spiro atoms. The summed E-state index contributed by atoms with van der Waals surface area (Å²) in [5, 5.41) is 8.84. The number of rotatable bonds is 11. The molecule has 7 heteroatoms. The average molecular weight is 441 g/mol. The van der Waals surface area contributed by atoms with Crippen molar-refractivity contribution in [1.82, 2.24) is 0 Å². The SMILES string of the molecule is CCCCNc1cc(COCc2ccccc2)cc(S(N)(=O)=O)c1Oc1ccccc1. The summed E-state index contributed by atoms with van der Waals surface area (Å²) in [6, 6.07) is 22.2. The summed E-state index contributed by atoms with van der Waals surface area (Å²) in [7, 11) is -4.03. The number of nitrogens with one attached hydrogen (secondary N) is 1. The summed E-state index contributed by atoms with van der Waals surface area (Å²) >= 11 is 0. The van der Waals surface area contributed by atoms with E-state index in [1.54, 1.807) is 12.1 Å². The molecule has 6 nitrogen and oxygen atoms in total. The molecule has 0 amide bonds. The van der Waals surface area contributed by atoms with Crippen LogP contribution in [-0.2, 0) is 28.0 Å². The highest BCUT2D eigenvalue weighted by molar-refractivity contribution is 7.89. The highest BCUT2D eigenvalue weighted by Gasteiger charge is 2.21. The van der Waals surface area contributed by atoms with Crippen molar-refractivity contribution in [3.8, 4) is 11.5 Å². The summed E-state index contributed by atoms with van der Waals surface area (Å²) in [4.78, 5) is -0.0730. The molecular formula is C24H28N2O4S. The van der Waals surface area contributed by atoms with Crippen molar-refractivity contribution >= 4 is 15.7 Å². The van der Waals surface area contributed by atoms with Gasteiger partial charge in [0.25, 0.3) is 0 Å². The Balaban J connectivity index is 1.91. The fraction of sp³-hybridized carbons (Fsp3) is 0.250. The lowest BCUT2D eigenvalue weighted by Gasteiger charge is -2.18. The van der Waals surface area contributed by atoms with Crippen molar-refractivity contribution < 1.29 is 17.9 Å². The maximum absolute atomic E-state index is 12.4. The normalized spacial score (nSPS) is 11.3. The van der Waals surface area contributed by atoms with Gasteiger partial charge in [-0.25, -0.2) is 13.6 Å². The Morgan fingerprint density at radius 3 is 2.19 bits per heavy atom. The number of unbranched alkanes of at least 4 members (excludes halogenated alkanes) is 1. The van der Waals surface area contributed by atoms with E-state index in [1.807, 2.05) is 54.6 Å². The van der Waals surface area contributed by atoms with E-state index in [-0.39, 0.29) is 17.3 Å². The molecule has 0 heterocycles. The minimum Gasteiger partial charge on any atom is -0.454 e. The van der Waals surface area contributed by atoms with Gasteiger partial charge in [0, 0.05) is 6.54 Å². The predicted octanol–water partition coefficient (Wildman–Crippen LogP) is 5.06. The Morgan fingerprint density at radius 2 is 1.55 bits per heavy atom. The van der Waals surface area contributed by atoms with E-state index in [9.17, 15) is 8.42 Å². The highest BCUT2D eigenvalue weighted by Crippen LogP contribution is 2.37. The van der Waals surface area contributed by atoms with Crippen molar-refractivity contribution in [2.75, 3.05) is 11.9 Å². The van der Waals surface area contributed by atoms with Crippen LogP contribution >= 0.6 is 0 Å². The molecule has 31 heavy (non-hydrogen) atoms. The van der Waals surface area contributed by atoms with Gasteiger partial charge < -0.3 is 14.8 Å². The van der Waals surface area contributed by atoms with Gasteiger partial charge in [-0.2, -0.15) is 0 Å². The molecule has 0 bridgehead atoms. The minimum absolute atomic E-state index is 0.0730. The number of para-hydroxylation sites is 1. The Labute approximate surface area is 184 Å². The van der Waals surface area contributed by atoms with Gasteiger partial charge in [-0.05, 0) is 41.8 Å². The Bertz CT molecular complexity index is 1070. The summed E-state index contributed by atoms with van der Waals surface area (Å²) in [5.74, 6) is 0.718. The summed E-state index contributed by atoms with van der Waals surface area (Å²) in [6.45, 7) is 3.44. The van der Waals surface area contributed by atoms with Crippen LogP contribution in [0.4, 0.5) is 5.69 Å². The predicted molar refractivity (Wildman–Crippen MR) is 123 cm³/mol. The minimum atomic E-state index is -4.03. The van der Waals surface area contributed by atoms with E-state index < -0.39 is 10.0 Å². The van der Waals surface area contributed by atoms with E-state index in [0.29, 0.717) is 30.2 Å². The molecule has 0 fully saturated rings. The van der Waals surface area contributed by atoms with Gasteiger partial charge in [-0.1, -0.05) is 61.9 Å². The van der Waals surface area contributed by atoms with Crippen LogP contribution in [0.5, 0.6) is 11.5 Å². The lowest BCUT2D eigenvalue weighted by atomic mass is 10.1. The van der Waals surface area contributed by atoms with Gasteiger partial charge in [0.1, 0.15) is 10.6 Å². The molecular weight excluding hydrogens is 412 g/mol. The van der Waals surface area contributed by atoms with Gasteiger partial charge in [0.05, 0.1) is 18.9 Å². The highest BCUT2D eigenvalue weighted by atomic mass is 32.2. The van der Waals surface area contributed by atoms with Gasteiger partial charge in [-0.3, -0.25) is 0 Å². The fourth-order valence-electron chi connectivity index (χ4n) is 3.06. The van der Waals surface area contributed by atoms with Crippen LogP contribution in [0, 0.1) is 0 Å². The van der Waals surface area contributed by atoms with Crippen LogP contribution in [0.1, 0.15) is 30.9 Å². The van der Waals surface area contributed by atoms with Gasteiger partial charge in [0.2, 0.25) is 10.0 Å². The molecule has 0 aliphatic heterocycles. The lowest BCUT2D eigenvalue weighted by molar-refractivity contribution is 0.107. The monoisotopic (exact) mass is 440 g/mol. The van der Waals surface area contributed by atoms with Crippen LogP contribution in [0.15, 0.2) is 77.7 Å². The average Bonchev–Trinajstić information content (AvgIpc) is 2.76. The zero-order valence-corrected chi connectivity index (χ0v) is 18.4. The van der Waals surface area contributed by atoms with Gasteiger partial charge in [-0.15, -0.1) is 0 Å². The topological polar surface area (TPSA) is 90.6 Å². The molecule has 0 aromatic heterocycles. The number of nitrogens with two attached hydrogens (primary N) is 1. The molecule has 3 rings (SSSR count). The third-order valence-electron chi connectivity index (χ3n) is 4.61. The van der Waals surface area contributed by atoms with Crippen LogP contribution in [0.25, 0.3) is 0 Å². The number of primary sulfonamides is 1. The standard InChI is InChI=1S/C24H28N2O4S/c1-2-3-14-26-22-15-20(18-29-17-19-10-6-4-7-11-19)16-23(31(25,27)28)24(22)30-21-12-8-5-9-13-21/h4-13,15-16,26H,2-3,14,17-18H2,1H3,(H2,25,27,28). The number of sulfonamides is 1. The van der Waals surface area contributed by atoms with Crippen molar-refractivity contribution in [2.45, 2.75) is 37.9 Å². The molecule has 0 unspecified atom stereocenters. The van der Waals surface area contributed by atoms with E-state index in [1.165, 1.54) is 6.07 Å². The summed E-state index contributed by atoms with van der Waals surface area (Å²) in [6.07, 6.45) is 1.94. The maximum Gasteiger partial charge on any atom is 0.241 e. The lowest BCUT2D eigenvalue weighted by Crippen LogP contribution is -2.15. The summed E-state index contributed by atoms with van der Waals surface area (Å²) < 4.78 is 36.6. The molecule has 164 valence electrons. The zero-order valence-electron chi connectivity index (χ0n) is 17.6. The first-order chi connectivity index (χ1) is 15.0. The first kappa shape index (κ1) is 22.8. The number of ether oxygens (including phenoxy) is 2. The molecule has 0 radical (unpaired) electrons. The van der Waals surface area contributed by atoms with E-state index >= 15 is 0 Å². The first-order valence-corrected chi connectivity index (χ1v) is 11.8. The molecule has 0 atom stereocenters. The molecule has 0 aliphatic carbocycles. The third kappa shape index (κ3) is 6.82. The Kier molecular flexibility index (Phi) is 8.06. The van der Waals surface area contributed by atoms with Crippen LogP contribution in [0.2, 0.25) is 0 Å². The third-order valence-corrected chi connectivity index (χ3v) is 5.53. The second-order valence-corrected chi connectivity index (χ2v) is 8.72. The second-order valence-electron chi connectivity index (χ2n) is 7.19. The van der Waals surface area contributed by atoms with Crippen molar-refractivity contribution in [3.05, 3.63) is 83.9 Å². The first-order valence-electron chi connectivity index (χ1n) is 10.3. The number of anilines is 1. The van der Waals surface area contributed by atoms with Crippen LogP contribution < -0.4 is 15.2 Å².